The minimum Gasteiger partial charge on any atom is -0.358 e. The van der Waals surface area contributed by atoms with E-state index >= 15 is 0 Å². The summed E-state index contributed by atoms with van der Waals surface area (Å²) in [6.45, 7) is 7.89. The number of nitrogens with one attached hydrogen (secondary N) is 1. The van der Waals surface area contributed by atoms with E-state index in [4.69, 9.17) is 0 Å². The van der Waals surface area contributed by atoms with Crippen LogP contribution in [0.25, 0.3) is 11.1 Å². The molecule has 1 aliphatic carbocycles. The minimum absolute atomic E-state index is 0.0453. The van der Waals surface area contributed by atoms with Gasteiger partial charge in [-0.1, -0.05) is 37.3 Å². The molecule has 4 heteroatoms. The molecule has 0 fully saturated rings. The summed E-state index contributed by atoms with van der Waals surface area (Å²) in [6.07, 6.45) is 2.61. The van der Waals surface area contributed by atoms with Crippen LogP contribution in [0, 0.1) is 19.8 Å². The Labute approximate surface area is 159 Å². The van der Waals surface area contributed by atoms with Crippen molar-refractivity contribution in [2.45, 2.75) is 34.1 Å². The van der Waals surface area contributed by atoms with Crippen LogP contribution in [-0.4, -0.2) is 16.6 Å². The van der Waals surface area contributed by atoms with Gasteiger partial charge >= 0.3 is 0 Å². The number of carbonyl (C=O) groups excluding carboxylic acids is 2. The largest absolute Gasteiger partial charge is 0.358 e. The van der Waals surface area contributed by atoms with E-state index in [0.717, 1.165) is 34.4 Å². The SMILES string of the molecule is CCC1C(C)=CNC2=C1C(=O)c1c(nc(C)c(C)c1-c1ccccc1)C2=O. The second-order valence-electron chi connectivity index (χ2n) is 7.23. The van der Waals surface area contributed by atoms with Crippen LogP contribution >= 0.6 is 0 Å². The van der Waals surface area contributed by atoms with Gasteiger partial charge in [-0.15, -0.1) is 0 Å². The fourth-order valence-electron chi connectivity index (χ4n) is 4.15. The Morgan fingerprint density at radius 1 is 1.00 bits per heavy atom. The summed E-state index contributed by atoms with van der Waals surface area (Å²) in [5.74, 6) is -0.320. The van der Waals surface area contributed by atoms with Crippen molar-refractivity contribution in [1.29, 1.82) is 0 Å². The number of hydrogen-bond donors (Lipinski definition) is 1. The van der Waals surface area contributed by atoms with Gasteiger partial charge in [-0.25, -0.2) is 4.98 Å². The number of fused-ring (bicyclic) bond motifs is 1. The van der Waals surface area contributed by atoms with E-state index in [1.807, 2.05) is 64.2 Å². The van der Waals surface area contributed by atoms with Crippen molar-refractivity contribution in [2.24, 2.45) is 5.92 Å². The number of allylic oxidation sites excluding steroid dienone is 3. The number of hydrogen-bond acceptors (Lipinski definition) is 4. The molecule has 4 nitrogen and oxygen atoms in total. The molecule has 27 heavy (non-hydrogen) atoms. The molecular weight excluding hydrogens is 336 g/mol. The molecule has 0 radical (unpaired) electrons. The van der Waals surface area contributed by atoms with Crippen molar-refractivity contribution in [1.82, 2.24) is 10.3 Å². The Bertz CT molecular complexity index is 1050. The second-order valence-corrected chi connectivity index (χ2v) is 7.23. The highest BCUT2D eigenvalue weighted by Crippen LogP contribution is 2.41. The molecule has 0 spiro atoms. The van der Waals surface area contributed by atoms with Crippen LogP contribution in [-0.2, 0) is 0 Å². The van der Waals surface area contributed by atoms with Gasteiger partial charge in [0.25, 0.3) is 0 Å². The maximum atomic E-state index is 13.7. The molecule has 1 aliphatic heterocycles. The Hall–Kier alpha value is -3.01. The molecule has 1 aromatic heterocycles. The summed E-state index contributed by atoms with van der Waals surface area (Å²) in [6, 6.07) is 9.79. The number of aryl methyl sites for hydroxylation is 1. The molecule has 136 valence electrons. The number of pyridine rings is 1. The average molecular weight is 358 g/mol. The molecular formula is C23H22N2O2. The van der Waals surface area contributed by atoms with Crippen molar-refractivity contribution in [2.75, 3.05) is 0 Å². The number of carbonyl (C=O) groups is 2. The summed E-state index contributed by atoms with van der Waals surface area (Å²) < 4.78 is 0. The van der Waals surface area contributed by atoms with Crippen molar-refractivity contribution in [3.05, 3.63) is 75.9 Å². The molecule has 1 unspecified atom stereocenters. The van der Waals surface area contributed by atoms with Crippen LogP contribution in [0.5, 0.6) is 0 Å². The van der Waals surface area contributed by atoms with Crippen molar-refractivity contribution in [3.63, 3.8) is 0 Å². The van der Waals surface area contributed by atoms with Crippen LogP contribution in [0.1, 0.15) is 52.4 Å². The summed E-state index contributed by atoms with van der Waals surface area (Å²) >= 11 is 0. The van der Waals surface area contributed by atoms with Gasteiger partial charge in [0.05, 0.1) is 11.3 Å². The molecule has 2 aliphatic rings. The van der Waals surface area contributed by atoms with E-state index < -0.39 is 0 Å². The zero-order valence-corrected chi connectivity index (χ0v) is 16.0. The number of dihydropyridines is 1. The van der Waals surface area contributed by atoms with Crippen LogP contribution < -0.4 is 5.32 Å². The van der Waals surface area contributed by atoms with Crippen LogP contribution in [0.2, 0.25) is 0 Å². The lowest BCUT2D eigenvalue weighted by molar-refractivity contribution is 0.0957. The zero-order chi connectivity index (χ0) is 19.3. The number of rotatable bonds is 2. The lowest BCUT2D eigenvalue weighted by Crippen LogP contribution is -2.36. The third-order valence-electron chi connectivity index (χ3n) is 5.68. The summed E-state index contributed by atoms with van der Waals surface area (Å²) in [5, 5.41) is 3.06. The lowest BCUT2D eigenvalue weighted by atomic mass is 9.75. The Morgan fingerprint density at radius 3 is 2.37 bits per heavy atom. The molecule has 1 atom stereocenters. The van der Waals surface area contributed by atoms with E-state index in [0.29, 0.717) is 16.8 Å². The van der Waals surface area contributed by atoms with Gasteiger partial charge in [0.1, 0.15) is 5.69 Å². The monoisotopic (exact) mass is 358 g/mol. The molecule has 0 bridgehead atoms. The van der Waals surface area contributed by atoms with E-state index in [-0.39, 0.29) is 23.2 Å². The Balaban J connectivity index is 2.03. The molecule has 0 saturated heterocycles. The van der Waals surface area contributed by atoms with Crippen LogP contribution in [0.3, 0.4) is 0 Å². The topological polar surface area (TPSA) is 59.1 Å². The van der Waals surface area contributed by atoms with Gasteiger partial charge in [0.15, 0.2) is 5.78 Å². The third-order valence-corrected chi connectivity index (χ3v) is 5.68. The van der Waals surface area contributed by atoms with Gasteiger partial charge in [0.2, 0.25) is 5.78 Å². The number of Topliss-reactive ketones (excluding diaryl/α,β-unsaturated/α-hetero) is 2. The quantitative estimate of drug-likeness (QED) is 0.857. The summed E-state index contributed by atoms with van der Waals surface area (Å²) in [5.41, 5.74) is 6.22. The molecule has 1 aromatic carbocycles. The number of nitrogens with zero attached hydrogens (tertiary/aromatic N) is 1. The summed E-state index contributed by atoms with van der Waals surface area (Å²) in [7, 11) is 0. The van der Waals surface area contributed by atoms with Gasteiger partial charge < -0.3 is 5.32 Å². The van der Waals surface area contributed by atoms with Crippen LogP contribution in [0.15, 0.2) is 53.4 Å². The second kappa shape index (κ2) is 6.31. The van der Waals surface area contributed by atoms with Crippen molar-refractivity contribution in [3.8, 4) is 11.1 Å². The maximum Gasteiger partial charge on any atom is 0.228 e. The highest BCUT2D eigenvalue weighted by atomic mass is 16.1. The van der Waals surface area contributed by atoms with Crippen LogP contribution in [0.4, 0.5) is 0 Å². The van der Waals surface area contributed by atoms with E-state index in [2.05, 4.69) is 10.3 Å². The first-order chi connectivity index (χ1) is 13.0. The van der Waals surface area contributed by atoms with E-state index in [9.17, 15) is 9.59 Å². The number of aromatic nitrogens is 1. The smallest absolute Gasteiger partial charge is 0.228 e. The third kappa shape index (κ3) is 2.47. The minimum atomic E-state index is -0.193. The predicted octanol–water partition coefficient (Wildman–Crippen LogP) is 4.53. The standard InChI is InChI=1S/C23H22N2O2/c1-5-16-12(2)11-24-20-18(16)22(26)19-17(15-9-7-6-8-10-15)13(3)14(4)25-21(19)23(20)27/h6-11,16,24H,5H2,1-4H3. The van der Waals surface area contributed by atoms with Crippen molar-refractivity contribution < 1.29 is 9.59 Å². The molecule has 1 N–H and O–H groups in total. The fourth-order valence-corrected chi connectivity index (χ4v) is 4.15. The van der Waals surface area contributed by atoms with Gasteiger partial charge in [-0.05, 0) is 49.5 Å². The Morgan fingerprint density at radius 2 is 1.70 bits per heavy atom. The predicted molar refractivity (Wildman–Crippen MR) is 106 cm³/mol. The highest BCUT2D eigenvalue weighted by Gasteiger charge is 2.40. The molecule has 2 aromatic rings. The molecule has 0 saturated carbocycles. The summed E-state index contributed by atoms with van der Waals surface area (Å²) in [4.78, 5) is 31.4. The average Bonchev–Trinajstić information content (AvgIpc) is 2.68. The van der Waals surface area contributed by atoms with Gasteiger partial charge in [-0.2, -0.15) is 0 Å². The first-order valence-corrected chi connectivity index (χ1v) is 9.29. The van der Waals surface area contributed by atoms with E-state index in [1.165, 1.54) is 0 Å². The molecule has 4 rings (SSSR count). The zero-order valence-electron chi connectivity index (χ0n) is 16.0. The fraction of sp³-hybridized carbons (Fsp3) is 0.261. The highest BCUT2D eigenvalue weighted by molar-refractivity contribution is 6.28. The normalized spacial score (nSPS) is 18.7. The maximum absolute atomic E-state index is 13.7. The van der Waals surface area contributed by atoms with Gasteiger partial charge in [-0.3, -0.25) is 9.59 Å². The Kier molecular flexibility index (Phi) is 4.06. The van der Waals surface area contributed by atoms with E-state index in [1.54, 1.807) is 0 Å². The van der Waals surface area contributed by atoms with Crippen molar-refractivity contribution >= 4 is 11.6 Å². The number of ketones is 2. The first kappa shape index (κ1) is 17.4. The first-order valence-electron chi connectivity index (χ1n) is 9.29. The molecule has 0 amide bonds. The lowest BCUT2D eigenvalue weighted by Gasteiger charge is -2.31. The van der Waals surface area contributed by atoms with Gasteiger partial charge in [0, 0.05) is 23.4 Å². The molecule has 2 heterocycles. The number of benzene rings is 1.